The second-order valence-electron chi connectivity index (χ2n) is 5.31. The molecule has 0 aliphatic carbocycles. The van der Waals surface area contributed by atoms with E-state index in [1.54, 1.807) is 18.2 Å². The number of sulfonamides is 1. The standard InChI is InChI=1S/C15H26N2O3S/c1-6-11(2)12(3)17-21(18,19)15-8-7-13(10-16-4)9-14(15)20-5/h7-9,11-12,16-17H,6,10H2,1-5H3. The van der Waals surface area contributed by atoms with Crippen molar-refractivity contribution in [3.05, 3.63) is 23.8 Å². The number of hydrogen-bond acceptors (Lipinski definition) is 4. The van der Waals surface area contributed by atoms with Crippen LogP contribution in [-0.2, 0) is 16.6 Å². The lowest BCUT2D eigenvalue weighted by Gasteiger charge is -2.20. The normalized spacial score (nSPS) is 14.7. The maximum Gasteiger partial charge on any atom is 0.244 e. The SMILES string of the molecule is CCC(C)C(C)NS(=O)(=O)c1ccc(CNC)cc1OC. The van der Waals surface area contributed by atoms with Crippen molar-refractivity contribution in [3.8, 4) is 5.75 Å². The van der Waals surface area contributed by atoms with E-state index in [0.29, 0.717) is 12.3 Å². The van der Waals surface area contributed by atoms with Crippen LogP contribution in [0.2, 0.25) is 0 Å². The molecule has 0 fully saturated rings. The summed E-state index contributed by atoms with van der Waals surface area (Å²) in [6.45, 7) is 6.62. The maximum absolute atomic E-state index is 12.5. The first-order valence-electron chi connectivity index (χ1n) is 7.19. The lowest BCUT2D eigenvalue weighted by atomic mass is 10.0. The number of rotatable bonds is 8. The second kappa shape index (κ2) is 7.77. The second-order valence-corrected chi connectivity index (χ2v) is 6.99. The number of methoxy groups -OCH3 is 1. The Morgan fingerprint density at radius 1 is 1.29 bits per heavy atom. The molecular weight excluding hydrogens is 288 g/mol. The summed E-state index contributed by atoms with van der Waals surface area (Å²) < 4.78 is 33.0. The van der Waals surface area contributed by atoms with E-state index in [4.69, 9.17) is 4.74 Å². The zero-order chi connectivity index (χ0) is 16.0. The van der Waals surface area contributed by atoms with Crippen LogP contribution < -0.4 is 14.8 Å². The number of ether oxygens (including phenoxy) is 1. The van der Waals surface area contributed by atoms with Crippen molar-refractivity contribution >= 4 is 10.0 Å². The van der Waals surface area contributed by atoms with E-state index in [1.165, 1.54) is 7.11 Å². The first-order chi connectivity index (χ1) is 9.85. The van der Waals surface area contributed by atoms with Gasteiger partial charge in [0.15, 0.2) is 0 Å². The summed E-state index contributed by atoms with van der Waals surface area (Å²) in [4.78, 5) is 0.181. The molecule has 0 heterocycles. The van der Waals surface area contributed by atoms with Gasteiger partial charge in [0.05, 0.1) is 7.11 Å². The van der Waals surface area contributed by atoms with Crippen molar-refractivity contribution in [3.63, 3.8) is 0 Å². The van der Waals surface area contributed by atoms with Crippen molar-refractivity contribution in [2.45, 2.75) is 44.7 Å². The van der Waals surface area contributed by atoms with Crippen LogP contribution in [0.4, 0.5) is 0 Å². The predicted molar refractivity (Wildman–Crippen MR) is 85.0 cm³/mol. The van der Waals surface area contributed by atoms with Crippen LogP contribution in [0.15, 0.2) is 23.1 Å². The van der Waals surface area contributed by atoms with Gasteiger partial charge in [-0.25, -0.2) is 13.1 Å². The Morgan fingerprint density at radius 2 is 1.95 bits per heavy atom. The highest BCUT2D eigenvalue weighted by molar-refractivity contribution is 7.89. The lowest BCUT2D eigenvalue weighted by molar-refractivity contribution is 0.399. The van der Waals surface area contributed by atoms with E-state index >= 15 is 0 Å². The van der Waals surface area contributed by atoms with E-state index in [0.717, 1.165) is 12.0 Å². The number of nitrogens with one attached hydrogen (secondary N) is 2. The van der Waals surface area contributed by atoms with Crippen LogP contribution in [0.5, 0.6) is 5.75 Å². The van der Waals surface area contributed by atoms with Crippen LogP contribution in [-0.4, -0.2) is 28.6 Å². The molecule has 0 radical (unpaired) electrons. The van der Waals surface area contributed by atoms with Gasteiger partial charge >= 0.3 is 0 Å². The molecule has 0 spiro atoms. The van der Waals surface area contributed by atoms with Gasteiger partial charge in [-0.05, 0) is 37.6 Å². The first-order valence-corrected chi connectivity index (χ1v) is 8.67. The molecule has 1 rings (SSSR count). The van der Waals surface area contributed by atoms with Gasteiger partial charge in [-0.1, -0.05) is 26.3 Å². The molecule has 5 nitrogen and oxygen atoms in total. The molecule has 2 N–H and O–H groups in total. The van der Waals surface area contributed by atoms with Crippen LogP contribution in [0, 0.1) is 5.92 Å². The summed E-state index contributed by atoms with van der Waals surface area (Å²) in [5.41, 5.74) is 0.975. The molecular formula is C15H26N2O3S. The third-order valence-corrected chi connectivity index (χ3v) is 5.34. The van der Waals surface area contributed by atoms with Crippen molar-refractivity contribution in [2.24, 2.45) is 5.92 Å². The smallest absolute Gasteiger partial charge is 0.244 e. The van der Waals surface area contributed by atoms with Gasteiger partial charge in [0.1, 0.15) is 10.6 Å². The summed E-state index contributed by atoms with van der Waals surface area (Å²) in [7, 11) is -0.263. The topological polar surface area (TPSA) is 67.4 Å². The Balaban J connectivity index is 3.07. The highest BCUT2D eigenvalue weighted by Crippen LogP contribution is 2.25. The summed E-state index contributed by atoms with van der Waals surface area (Å²) in [5, 5.41) is 3.03. The van der Waals surface area contributed by atoms with E-state index in [2.05, 4.69) is 10.0 Å². The molecule has 0 saturated carbocycles. The van der Waals surface area contributed by atoms with Gasteiger partial charge in [-0.15, -0.1) is 0 Å². The van der Waals surface area contributed by atoms with Crippen molar-refractivity contribution in [1.29, 1.82) is 0 Å². The van der Waals surface area contributed by atoms with E-state index < -0.39 is 10.0 Å². The predicted octanol–water partition coefficient (Wildman–Crippen LogP) is 2.13. The van der Waals surface area contributed by atoms with Crippen LogP contribution in [0.1, 0.15) is 32.8 Å². The van der Waals surface area contributed by atoms with E-state index in [1.807, 2.05) is 27.8 Å². The third-order valence-electron chi connectivity index (χ3n) is 3.74. The fourth-order valence-electron chi connectivity index (χ4n) is 2.03. The fourth-order valence-corrected chi connectivity index (χ4v) is 3.53. The van der Waals surface area contributed by atoms with Gasteiger partial charge in [0, 0.05) is 12.6 Å². The molecule has 0 aromatic heterocycles. The minimum atomic E-state index is -3.58. The largest absolute Gasteiger partial charge is 0.495 e. The number of benzene rings is 1. The fraction of sp³-hybridized carbons (Fsp3) is 0.600. The van der Waals surface area contributed by atoms with Crippen molar-refractivity contribution < 1.29 is 13.2 Å². The Labute approximate surface area is 128 Å². The van der Waals surface area contributed by atoms with Crippen LogP contribution >= 0.6 is 0 Å². The quantitative estimate of drug-likeness (QED) is 0.771. The highest BCUT2D eigenvalue weighted by Gasteiger charge is 2.23. The molecule has 6 heteroatoms. The molecule has 0 amide bonds. The molecule has 0 saturated heterocycles. The molecule has 0 aliphatic heterocycles. The maximum atomic E-state index is 12.5. The van der Waals surface area contributed by atoms with Crippen LogP contribution in [0.25, 0.3) is 0 Å². The number of hydrogen-bond donors (Lipinski definition) is 2. The Hall–Kier alpha value is -1.11. The Morgan fingerprint density at radius 3 is 2.48 bits per heavy atom. The zero-order valence-electron chi connectivity index (χ0n) is 13.4. The van der Waals surface area contributed by atoms with Gasteiger partial charge < -0.3 is 10.1 Å². The molecule has 1 aromatic rings. The Kier molecular flexibility index (Phi) is 6.64. The average molecular weight is 314 g/mol. The minimum absolute atomic E-state index is 0.123. The molecule has 1 aromatic carbocycles. The van der Waals surface area contributed by atoms with Crippen molar-refractivity contribution in [2.75, 3.05) is 14.2 Å². The first kappa shape index (κ1) is 17.9. The molecule has 2 atom stereocenters. The summed E-state index contributed by atoms with van der Waals surface area (Å²) >= 11 is 0. The van der Waals surface area contributed by atoms with Crippen LogP contribution in [0.3, 0.4) is 0 Å². The average Bonchev–Trinajstić information content (AvgIpc) is 2.45. The molecule has 0 aliphatic rings. The summed E-state index contributed by atoms with van der Waals surface area (Å²) in [6, 6.07) is 5.01. The van der Waals surface area contributed by atoms with Gasteiger partial charge in [-0.2, -0.15) is 0 Å². The molecule has 120 valence electrons. The van der Waals surface area contributed by atoms with Gasteiger partial charge in [-0.3, -0.25) is 0 Å². The summed E-state index contributed by atoms with van der Waals surface area (Å²) in [5.74, 6) is 0.640. The molecule has 2 unspecified atom stereocenters. The third kappa shape index (κ3) is 4.69. The van der Waals surface area contributed by atoms with Crippen molar-refractivity contribution in [1.82, 2.24) is 10.0 Å². The molecule has 0 bridgehead atoms. The van der Waals surface area contributed by atoms with Gasteiger partial charge in [0.25, 0.3) is 0 Å². The Bertz CT molecular complexity index is 558. The minimum Gasteiger partial charge on any atom is -0.495 e. The monoisotopic (exact) mass is 314 g/mol. The zero-order valence-corrected chi connectivity index (χ0v) is 14.3. The summed E-state index contributed by atoms with van der Waals surface area (Å²) in [6.07, 6.45) is 0.919. The highest BCUT2D eigenvalue weighted by atomic mass is 32.2. The van der Waals surface area contributed by atoms with E-state index in [9.17, 15) is 8.42 Å². The molecule has 21 heavy (non-hydrogen) atoms. The van der Waals surface area contributed by atoms with E-state index in [-0.39, 0.29) is 16.9 Å². The lowest BCUT2D eigenvalue weighted by Crippen LogP contribution is -2.37. The van der Waals surface area contributed by atoms with Gasteiger partial charge in [0.2, 0.25) is 10.0 Å².